The van der Waals surface area contributed by atoms with Crippen molar-refractivity contribution in [2.24, 2.45) is 5.73 Å². The summed E-state index contributed by atoms with van der Waals surface area (Å²) in [5.74, 6) is -3.47. The third kappa shape index (κ3) is 3.74. The third-order valence-corrected chi connectivity index (χ3v) is 4.99. The molecule has 1 aliphatic heterocycles. The number of allylic oxidation sites excluding steroid dienone is 1. The van der Waals surface area contributed by atoms with E-state index in [0.29, 0.717) is 5.56 Å². The first kappa shape index (κ1) is 22.4. The summed E-state index contributed by atoms with van der Waals surface area (Å²) in [5.41, 5.74) is 6.63. The van der Waals surface area contributed by atoms with Gasteiger partial charge in [-0.1, -0.05) is 30.3 Å². The molecule has 1 heterocycles. The molecule has 2 N–H and O–H groups in total. The molecule has 8 nitrogen and oxygen atoms in total. The van der Waals surface area contributed by atoms with Gasteiger partial charge in [-0.3, -0.25) is 4.90 Å². The molecule has 0 amide bonds. The molecule has 2 aromatic rings. The number of esters is 2. The highest BCUT2D eigenvalue weighted by Crippen LogP contribution is 2.45. The van der Waals surface area contributed by atoms with Crippen molar-refractivity contribution < 1.29 is 28.2 Å². The molecule has 0 fully saturated rings. The minimum absolute atomic E-state index is 0.00405. The lowest BCUT2D eigenvalue weighted by atomic mass is 9.81. The summed E-state index contributed by atoms with van der Waals surface area (Å²) < 4.78 is 29.0. The Kier molecular flexibility index (Phi) is 6.45. The van der Waals surface area contributed by atoms with Crippen molar-refractivity contribution in [1.29, 1.82) is 5.26 Å². The Balaban J connectivity index is 2.44. The van der Waals surface area contributed by atoms with Gasteiger partial charge in [-0.25, -0.2) is 14.0 Å². The number of anilines is 1. The highest BCUT2D eigenvalue weighted by Gasteiger charge is 2.43. The number of nitrogens with two attached hydrogens (primary N) is 1. The molecule has 0 bridgehead atoms. The van der Waals surface area contributed by atoms with Crippen LogP contribution in [0.1, 0.15) is 11.5 Å². The van der Waals surface area contributed by atoms with Crippen LogP contribution in [-0.4, -0.2) is 33.3 Å². The van der Waals surface area contributed by atoms with E-state index in [1.54, 1.807) is 30.3 Å². The molecule has 0 spiro atoms. The van der Waals surface area contributed by atoms with Crippen LogP contribution in [0.4, 0.5) is 10.1 Å². The average molecular weight is 437 g/mol. The van der Waals surface area contributed by atoms with Gasteiger partial charge in [0.1, 0.15) is 23.1 Å². The van der Waals surface area contributed by atoms with Gasteiger partial charge >= 0.3 is 11.9 Å². The van der Waals surface area contributed by atoms with Crippen LogP contribution < -0.4 is 15.4 Å². The zero-order valence-corrected chi connectivity index (χ0v) is 17.6. The Morgan fingerprint density at radius 2 is 1.72 bits per heavy atom. The van der Waals surface area contributed by atoms with E-state index in [1.807, 2.05) is 6.07 Å². The summed E-state index contributed by atoms with van der Waals surface area (Å²) in [7, 11) is 3.60. The number of ether oxygens (including phenoxy) is 3. The lowest BCUT2D eigenvalue weighted by molar-refractivity contribution is -0.139. The topological polar surface area (TPSA) is 115 Å². The van der Waals surface area contributed by atoms with E-state index in [-0.39, 0.29) is 34.1 Å². The van der Waals surface area contributed by atoms with Gasteiger partial charge in [0.15, 0.2) is 0 Å². The van der Waals surface area contributed by atoms with Crippen LogP contribution in [0, 0.1) is 17.1 Å². The van der Waals surface area contributed by atoms with Crippen molar-refractivity contribution in [2.75, 3.05) is 26.2 Å². The molecule has 164 valence electrons. The highest BCUT2D eigenvalue weighted by molar-refractivity contribution is 6.06. The molecule has 1 unspecified atom stereocenters. The minimum Gasteiger partial charge on any atom is -0.494 e. The first-order chi connectivity index (χ1) is 15.4. The second kappa shape index (κ2) is 9.22. The molecule has 0 aromatic heterocycles. The van der Waals surface area contributed by atoms with E-state index in [0.717, 1.165) is 31.3 Å². The van der Waals surface area contributed by atoms with Gasteiger partial charge in [-0.15, -0.1) is 0 Å². The van der Waals surface area contributed by atoms with Gasteiger partial charge in [0, 0.05) is 6.07 Å². The van der Waals surface area contributed by atoms with E-state index in [1.165, 1.54) is 13.2 Å². The fourth-order valence-electron chi connectivity index (χ4n) is 3.60. The maximum Gasteiger partial charge on any atom is 0.355 e. The van der Waals surface area contributed by atoms with Crippen molar-refractivity contribution >= 4 is 17.6 Å². The SMILES string of the molecule is COC(=O)C1=C(C(=O)OC)N(c2ccc(F)cc2OC)C(N)=C(C#N)C1c1ccccc1. The lowest BCUT2D eigenvalue weighted by Crippen LogP contribution is -2.41. The number of nitrogens with zero attached hydrogens (tertiary/aromatic N) is 2. The maximum absolute atomic E-state index is 13.8. The molecule has 0 saturated carbocycles. The first-order valence-electron chi connectivity index (χ1n) is 9.38. The van der Waals surface area contributed by atoms with E-state index in [2.05, 4.69) is 0 Å². The largest absolute Gasteiger partial charge is 0.494 e. The van der Waals surface area contributed by atoms with Gasteiger partial charge in [0.2, 0.25) is 0 Å². The number of nitriles is 1. The van der Waals surface area contributed by atoms with E-state index in [4.69, 9.17) is 19.9 Å². The minimum atomic E-state index is -0.995. The molecular weight excluding hydrogens is 417 g/mol. The normalized spacial score (nSPS) is 15.8. The second-order valence-electron chi connectivity index (χ2n) is 6.65. The molecule has 9 heteroatoms. The Hall–Kier alpha value is -4.32. The lowest BCUT2D eigenvalue weighted by Gasteiger charge is -2.36. The molecular formula is C23H20FN3O5. The number of methoxy groups -OCH3 is 3. The van der Waals surface area contributed by atoms with Crippen LogP contribution in [0.3, 0.4) is 0 Å². The number of hydrogen-bond donors (Lipinski definition) is 1. The fourth-order valence-corrected chi connectivity index (χ4v) is 3.60. The molecule has 1 aliphatic rings. The number of rotatable bonds is 5. The Morgan fingerprint density at radius 1 is 1.06 bits per heavy atom. The van der Waals surface area contributed by atoms with Crippen molar-refractivity contribution in [1.82, 2.24) is 0 Å². The molecule has 0 radical (unpaired) electrons. The Labute approximate surface area is 183 Å². The van der Waals surface area contributed by atoms with Crippen molar-refractivity contribution in [3.8, 4) is 11.8 Å². The number of carbonyl (C=O) groups is 2. The first-order valence-corrected chi connectivity index (χ1v) is 9.38. The summed E-state index contributed by atoms with van der Waals surface area (Å²) >= 11 is 0. The standard InChI is InChI=1S/C23H20FN3O5/c1-30-17-11-14(24)9-10-16(17)27-20(23(29)32-3)19(22(28)31-2)18(15(12-25)21(27)26)13-7-5-4-6-8-13/h4-11,18H,26H2,1-3H3. The molecule has 0 saturated heterocycles. The predicted molar refractivity (Wildman–Crippen MR) is 112 cm³/mol. The maximum atomic E-state index is 13.8. The van der Waals surface area contributed by atoms with Gasteiger partial charge in [-0.05, 0) is 17.7 Å². The number of hydrogen-bond acceptors (Lipinski definition) is 8. The van der Waals surface area contributed by atoms with Crippen molar-refractivity contribution in [2.45, 2.75) is 5.92 Å². The third-order valence-electron chi connectivity index (χ3n) is 4.99. The Bertz CT molecular complexity index is 1170. The summed E-state index contributed by atoms with van der Waals surface area (Å²) in [6, 6.07) is 14.2. The fraction of sp³-hybridized carbons (Fsp3) is 0.174. The molecule has 1 atom stereocenters. The van der Waals surface area contributed by atoms with E-state index >= 15 is 0 Å². The zero-order chi connectivity index (χ0) is 23.4. The molecule has 32 heavy (non-hydrogen) atoms. The second-order valence-corrected chi connectivity index (χ2v) is 6.65. The summed E-state index contributed by atoms with van der Waals surface area (Å²) in [4.78, 5) is 27.1. The number of benzene rings is 2. The average Bonchev–Trinajstić information content (AvgIpc) is 2.82. The molecule has 3 rings (SSSR count). The summed E-state index contributed by atoms with van der Waals surface area (Å²) in [5, 5.41) is 9.99. The van der Waals surface area contributed by atoms with E-state index in [9.17, 15) is 19.2 Å². The van der Waals surface area contributed by atoms with Gasteiger partial charge in [0.05, 0.1) is 50.2 Å². The highest BCUT2D eigenvalue weighted by atomic mass is 19.1. The van der Waals surface area contributed by atoms with Crippen LogP contribution in [0.15, 0.2) is 71.2 Å². The van der Waals surface area contributed by atoms with Gasteiger partial charge < -0.3 is 19.9 Å². The monoisotopic (exact) mass is 437 g/mol. The summed E-state index contributed by atoms with van der Waals surface area (Å²) in [6.45, 7) is 0. The van der Waals surface area contributed by atoms with E-state index < -0.39 is 23.7 Å². The van der Waals surface area contributed by atoms with Crippen LogP contribution in [0.5, 0.6) is 5.75 Å². The number of carbonyl (C=O) groups excluding carboxylic acids is 2. The van der Waals surface area contributed by atoms with Crippen LogP contribution >= 0.6 is 0 Å². The van der Waals surface area contributed by atoms with Crippen molar-refractivity contribution in [3.63, 3.8) is 0 Å². The number of halogens is 1. The van der Waals surface area contributed by atoms with Crippen LogP contribution in [0.25, 0.3) is 0 Å². The van der Waals surface area contributed by atoms with Gasteiger partial charge in [-0.2, -0.15) is 5.26 Å². The quantitative estimate of drug-likeness (QED) is 0.710. The zero-order valence-electron chi connectivity index (χ0n) is 17.6. The van der Waals surface area contributed by atoms with Crippen molar-refractivity contribution in [3.05, 3.63) is 82.6 Å². The molecule has 2 aromatic carbocycles. The van der Waals surface area contributed by atoms with Crippen LogP contribution in [-0.2, 0) is 19.1 Å². The molecule has 0 aliphatic carbocycles. The Morgan fingerprint density at radius 3 is 2.28 bits per heavy atom. The van der Waals surface area contributed by atoms with Gasteiger partial charge in [0.25, 0.3) is 0 Å². The van der Waals surface area contributed by atoms with Crippen LogP contribution in [0.2, 0.25) is 0 Å². The predicted octanol–water partition coefficient (Wildman–Crippen LogP) is 2.73. The smallest absolute Gasteiger partial charge is 0.355 e. The summed E-state index contributed by atoms with van der Waals surface area (Å²) in [6.07, 6.45) is 0.